The summed E-state index contributed by atoms with van der Waals surface area (Å²) in [5.41, 5.74) is 2.56. The standard InChI is InChI=1S/C23H18N6OS/c1-16(30)29(20-11-7-4-8-12-20)23-25-19(15-31-23)13-18(14-24)22-27-26-21(28(22)2)17-9-5-3-6-10-17/h3-13,15H,1-2H3/b18-13+. The van der Waals surface area contributed by atoms with Crippen LogP contribution in [0.5, 0.6) is 0 Å². The average molecular weight is 427 g/mol. The molecule has 2 heterocycles. The Morgan fingerprint density at radius 3 is 2.42 bits per heavy atom. The topological polar surface area (TPSA) is 87.7 Å². The Morgan fingerprint density at radius 2 is 1.77 bits per heavy atom. The predicted octanol–water partition coefficient (Wildman–Crippen LogP) is 4.69. The molecule has 4 aromatic rings. The Kier molecular flexibility index (Phi) is 5.69. The molecule has 7 nitrogen and oxygen atoms in total. The summed E-state index contributed by atoms with van der Waals surface area (Å²) >= 11 is 1.33. The molecule has 0 aliphatic carbocycles. The second-order valence-electron chi connectivity index (χ2n) is 6.69. The van der Waals surface area contributed by atoms with E-state index in [2.05, 4.69) is 21.3 Å². The molecule has 0 spiro atoms. The van der Waals surface area contributed by atoms with Crippen LogP contribution in [0.1, 0.15) is 18.4 Å². The van der Waals surface area contributed by atoms with Crippen molar-refractivity contribution in [3.63, 3.8) is 0 Å². The van der Waals surface area contributed by atoms with Crippen molar-refractivity contribution >= 4 is 39.7 Å². The summed E-state index contributed by atoms with van der Waals surface area (Å²) in [4.78, 5) is 18.3. The number of benzene rings is 2. The maximum absolute atomic E-state index is 12.2. The largest absolute Gasteiger partial charge is 0.310 e. The van der Waals surface area contributed by atoms with Crippen LogP contribution in [0.25, 0.3) is 23.0 Å². The third kappa shape index (κ3) is 4.13. The van der Waals surface area contributed by atoms with Gasteiger partial charge in [-0.1, -0.05) is 48.5 Å². The molecule has 2 aromatic carbocycles. The third-order valence-corrected chi connectivity index (χ3v) is 5.43. The van der Waals surface area contributed by atoms with Crippen molar-refractivity contribution in [2.75, 3.05) is 4.90 Å². The summed E-state index contributed by atoms with van der Waals surface area (Å²) in [7, 11) is 1.82. The van der Waals surface area contributed by atoms with E-state index in [1.54, 1.807) is 20.9 Å². The average Bonchev–Trinajstić information content (AvgIpc) is 3.40. The van der Waals surface area contributed by atoms with Crippen LogP contribution in [-0.4, -0.2) is 25.7 Å². The lowest BCUT2D eigenvalue weighted by Gasteiger charge is -2.17. The van der Waals surface area contributed by atoms with Gasteiger partial charge in [-0.3, -0.25) is 9.69 Å². The Labute approximate surface area is 183 Å². The maximum atomic E-state index is 12.2. The van der Waals surface area contributed by atoms with Crippen LogP contribution < -0.4 is 4.90 Å². The molecule has 4 rings (SSSR count). The number of carbonyl (C=O) groups is 1. The van der Waals surface area contributed by atoms with Crippen molar-refractivity contribution in [1.82, 2.24) is 19.7 Å². The zero-order valence-corrected chi connectivity index (χ0v) is 17.7. The highest BCUT2D eigenvalue weighted by molar-refractivity contribution is 7.14. The fraction of sp³-hybridized carbons (Fsp3) is 0.0870. The van der Waals surface area contributed by atoms with Gasteiger partial charge >= 0.3 is 0 Å². The molecule has 0 unspecified atom stereocenters. The van der Waals surface area contributed by atoms with Crippen molar-refractivity contribution in [3.8, 4) is 17.5 Å². The first-order valence-corrected chi connectivity index (χ1v) is 10.3. The van der Waals surface area contributed by atoms with Crippen LogP contribution in [0.2, 0.25) is 0 Å². The molecule has 31 heavy (non-hydrogen) atoms. The lowest BCUT2D eigenvalue weighted by molar-refractivity contribution is -0.115. The minimum absolute atomic E-state index is 0.141. The van der Waals surface area contributed by atoms with E-state index in [0.29, 0.717) is 28.0 Å². The van der Waals surface area contributed by atoms with Gasteiger partial charge in [0.25, 0.3) is 0 Å². The number of hydrogen-bond acceptors (Lipinski definition) is 6. The molecule has 0 atom stereocenters. The smallest absolute Gasteiger partial charge is 0.230 e. The number of carbonyl (C=O) groups excluding carboxylic acids is 1. The van der Waals surface area contributed by atoms with Gasteiger partial charge in [0.1, 0.15) is 6.07 Å². The molecule has 8 heteroatoms. The molecular weight excluding hydrogens is 408 g/mol. The second kappa shape index (κ2) is 8.73. The summed E-state index contributed by atoms with van der Waals surface area (Å²) < 4.78 is 1.78. The van der Waals surface area contributed by atoms with Gasteiger partial charge in [0.15, 0.2) is 16.8 Å². The number of hydrogen-bond donors (Lipinski definition) is 0. The Bertz CT molecular complexity index is 1280. The van der Waals surface area contributed by atoms with Crippen LogP contribution >= 0.6 is 11.3 Å². The van der Waals surface area contributed by atoms with Crippen molar-refractivity contribution in [2.24, 2.45) is 7.05 Å². The van der Waals surface area contributed by atoms with Gasteiger partial charge in [0.05, 0.1) is 17.0 Å². The summed E-state index contributed by atoms with van der Waals surface area (Å²) in [6.45, 7) is 1.50. The van der Waals surface area contributed by atoms with E-state index in [0.717, 1.165) is 11.3 Å². The van der Waals surface area contributed by atoms with Crippen LogP contribution in [0.15, 0.2) is 66.0 Å². The zero-order chi connectivity index (χ0) is 21.8. The van der Waals surface area contributed by atoms with Crippen molar-refractivity contribution in [1.29, 1.82) is 5.26 Å². The first kappa shape index (κ1) is 20.2. The molecule has 0 saturated carbocycles. The van der Waals surface area contributed by atoms with Crippen molar-refractivity contribution in [3.05, 3.63) is 77.6 Å². The number of anilines is 2. The van der Waals surface area contributed by atoms with Crippen molar-refractivity contribution in [2.45, 2.75) is 6.92 Å². The Hall–Kier alpha value is -4.09. The first-order chi connectivity index (χ1) is 15.1. The zero-order valence-electron chi connectivity index (χ0n) is 16.9. The van der Waals surface area contributed by atoms with Gasteiger partial charge < -0.3 is 4.57 Å². The van der Waals surface area contributed by atoms with Gasteiger partial charge in [0.2, 0.25) is 5.91 Å². The minimum Gasteiger partial charge on any atom is -0.310 e. The van der Waals surface area contributed by atoms with E-state index in [1.807, 2.05) is 67.7 Å². The number of thiazole rings is 1. The third-order valence-electron chi connectivity index (χ3n) is 4.59. The quantitative estimate of drug-likeness (QED) is 0.432. The number of allylic oxidation sites excluding steroid dienone is 1. The van der Waals surface area contributed by atoms with E-state index in [4.69, 9.17) is 0 Å². The number of amides is 1. The number of aromatic nitrogens is 4. The van der Waals surface area contributed by atoms with Crippen LogP contribution in [0.3, 0.4) is 0 Å². The molecule has 1 amide bonds. The monoisotopic (exact) mass is 426 g/mol. The van der Waals surface area contributed by atoms with Gasteiger partial charge in [-0.05, 0) is 18.2 Å². The number of nitriles is 1. The van der Waals surface area contributed by atoms with E-state index in [1.165, 1.54) is 18.3 Å². The SMILES string of the molecule is CC(=O)N(c1ccccc1)c1nc(/C=C(\C#N)c2nnc(-c3ccccc3)n2C)cs1. The van der Waals surface area contributed by atoms with Gasteiger partial charge in [-0.15, -0.1) is 21.5 Å². The van der Waals surface area contributed by atoms with E-state index < -0.39 is 0 Å². The first-order valence-electron chi connectivity index (χ1n) is 9.46. The van der Waals surface area contributed by atoms with E-state index in [-0.39, 0.29) is 5.91 Å². The fourth-order valence-corrected chi connectivity index (χ4v) is 3.99. The summed E-state index contributed by atoms with van der Waals surface area (Å²) in [6, 6.07) is 21.2. The lowest BCUT2D eigenvalue weighted by atomic mass is 10.2. The van der Waals surface area contributed by atoms with Gasteiger partial charge in [-0.25, -0.2) is 4.98 Å². The Morgan fingerprint density at radius 1 is 1.10 bits per heavy atom. The lowest BCUT2D eigenvalue weighted by Crippen LogP contribution is -2.22. The highest BCUT2D eigenvalue weighted by Gasteiger charge is 2.19. The molecule has 0 fully saturated rings. The molecular formula is C23H18N6OS. The minimum atomic E-state index is -0.141. The van der Waals surface area contributed by atoms with Crippen LogP contribution in [-0.2, 0) is 11.8 Å². The second-order valence-corrected chi connectivity index (χ2v) is 7.52. The number of rotatable bonds is 5. The number of para-hydroxylation sites is 1. The van der Waals surface area contributed by atoms with Crippen LogP contribution in [0.4, 0.5) is 10.8 Å². The van der Waals surface area contributed by atoms with Crippen molar-refractivity contribution < 1.29 is 4.79 Å². The molecule has 152 valence electrons. The molecule has 0 N–H and O–H groups in total. The molecule has 2 aromatic heterocycles. The normalized spacial score (nSPS) is 11.2. The molecule has 0 aliphatic rings. The number of nitrogens with zero attached hydrogens (tertiary/aromatic N) is 6. The summed E-state index contributed by atoms with van der Waals surface area (Å²) in [5, 5.41) is 20.5. The summed E-state index contributed by atoms with van der Waals surface area (Å²) in [6.07, 6.45) is 1.65. The summed E-state index contributed by atoms with van der Waals surface area (Å²) in [5.74, 6) is 0.974. The Balaban J connectivity index is 1.68. The maximum Gasteiger partial charge on any atom is 0.230 e. The fourth-order valence-electron chi connectivity index (χ4n) is 3.15. The highest BCUT2D eigenvalue weighted by atomic mass is 32.1. The molecule has 0 radical (unpaired) electrons. The molecule has 0 bridgehead atoms. The van der Waals surface area contributed by atoms with E-state index in [9.17, 15) is 10.1 Å². The van der Waals surface area contributed by atoms with Crippen LogP contribution in [0, 0.1) is 11.3 Å². The molecule has 0 saturated heterocycles. The predicted molar refractivity (Wildman–Crippen MR) is 121 cm³/mol. The highest BCUT2D eigenvalue weighted by Crippen LogP contribution is 2.30. The molecule has 0 aliphatic heterocycles. The van der Waals surface area contributed by atoms with E-state index >= 15 is 0 Å². The van der Waals surface area contributed by atoms with Gasteiger partial charge in [0, 0.05) is 24.9 Å². The van der Waals surface area contributed by atoms with Gasteiger partial charge in [-0.2, -0.15) is 5.26 Å².